The zero-order valence-electron chi connectivity index (χ0n) is 10.3. The summed E-state index contributed by atoms with van der Waals surface area (Å²) in [5.74, 6) is -0.0510. The summed E-state index contributed by atoms with van der Waals surface area (Å²) in [4.78, 5) is 17.3. The zero-order chi connectivity index (χ0) is 12.5. The van der Waals surface area contributed by atoms with Crippen LogP contribution in [0.25, 0.3) is 0 Å². The van der Waals surface area contributed by atoms with Crippen molar-refractivity contribution in [2.24, 2.45) is 0 Å². The fraction of sp³-hybridized carbons (Fsp3) is 0.500. The second-order valence-corrected chi connectivity index (χ2v) is 3.66. The van der Waals surface area contributed by atoms with Crippen LogP contribution in [0.1, 0.15) is 5.56 Å². The van der Waals surface area contributed by atoms with E-state index in [1.54, 1.807) is 31.5 Å². The molecule has 0 atom stereocenters. The van der Waals surface area contributed by atoms with Crippen molar-refractivity contribution < 1.29 is 14.3 Å². The fourth-order valence-corrected chi connectivity index (χ4v) is 1.27. The quantitative estimate of drug-likeness (QED) is 0.656. The molecule has 1 amide bonds. The van der Waals surface area contributed by atoms with Crippen LogP contribution in [0.15, 0.2) is 24.5 Å². The summed E-state index contributed by atoms with van der Waals surface area (Å²) in [6.45, 7) is 1.56. The summed E-state index contributed by atoms with van der Waals surface area (Å²) in [7, 11) is 3.34. The molecule has 1 aromatic rings. The van der Waals surface area contributed by atoms with Gasteiger partial charge in [0.25, 0.3) is 0 Å². The Kier molecular flexibility index (Phi) is 6.21. The van der Waals surface area contributed by atoms with Crippen LogP contribution in [-0.4, -0.2) is 49.8 Å². The van der Waals surface area contributed by atoms with E-state index >= 15 is 0 Å². The maximum atomic E-state index is 11.7. The number of ether oxygens (including phenoxy) is 2. The van der Waals surface area contributed by atoms with Crippen LogP contribution >= 0.6 is 0 Å². The van der Waals surface area contributed by atoms with E-state index in [0.717, 1.165) is 5.56 Å². The van der Waals surface area contributed by atoms with Gasteiger partial charge in [-0.3, -0.25) is 9.78 Å². The Balaban J connectivity index is 2.27. The van der Waals surface area contributed by atoms with Crippen molar-refractivity contribution in [1.29, 1.82) is 0 Å². The standard InChI is InChI=1S/C12H18N2O3/c1-14(9-11-4-3-5-13-8-11)12(15)10-17-7-6-16-2/h3-5,8H,6-7,9-10H2,1-2H3. The van der Waals surface area contributed by atoms with Gasteiger partial charge in [0.15, 0.2) is 0 Å². The summed E-state index contributed by atoms with van der Waals surface area (Å²) in [5.41, 5.74) is 1.00. The van der Waals surface area contributed by atoms with Crippen molar-refractivity contribution in [3.05, 3.63) is 30.1 Å². The molecule has 1 heterocycles. The summed E-state index contributed by atoms with van der Waals surface area (Å²) in [6.07, 6.45) is 3.45. The Morgan fingerprint density at radius 3 is 2.94 bits per heavy atom. The van der Waals surface area contributed by atoms with Crippen molar-refractivity contribution in [2.45, 2.75) is 6.54 Å². The molecular weight excluding hydrogens is 220 g/mol. The molecule has 1 rings (SSSR count). The number of carbonyl (C=O) groups excluding carboxylic acids is 1. The van der Waals surface area contributed by atoms with Gasteiger partial charge in [-0.2, -0.15) is 0 Å². The van der Waals surface area contributed by atoms with Gasteiger partial charge in [-0.1, -0.05) is 6.07 Å². The van der Waals surface area contributed by atoms with Gasteiger partial charge in [0.2, 0.25) is 5.91 Å². The van der Waals surface area contributed by atoms with Gasteiger partial charge in [0.05, 0.1) is 13.2 Å². The molecule has 0 saturated carbocycles. The highest BCUT2D eigenvalue weighted by Crippen LogP contribution is 2.00. The van der Waals surface area contributed by atoms with Crippen LogP contribution in [0.5, 0.6) is 0 Å². The topological polar surface area (TPSA) is 51.7 Å². The fourth-order valence-electron chi connectivity index (χ4n) is 1.27. The number of aromatic nitrogens is 1. The first kappa shape index (κ1) is 13.6. The number of amides is 1. The minimum atomic E-state index is -0.0510. The summed E-state index contributed by atoms with van der Waals surface area (Å²) < 4.78 is 9.98. The van der Waals surface area contributed by atoms with Crippen molar-refractivity contribution >= 4 is 5.91 Å². The van der Waals surface area contributed by atoms with Crippen LogP contribution in [0, 0.1) is 0 Å². The summed E-state index contributed by atoms with van der Waals surface area (Å²) in [6, 6.07) is 3.78. The number of methoxy groups -OCH3 is 1. The molecule has 17 heavy (non-hydrogen) atoms. The van der Waals surface area contributed by atoms with E-state index in [0.29, 0.717) is 19.8 Å². The van der Waals surface area contributed by atoms with E-state index < -0.39 is 0 Å². The number of pyridine rings is 1. The van der Waals surface area contributed by atoms with E-state index in [9.17, 15) is 4.79 Å². The summed E-state index contributed by atoms with van der Waals surface area (Å²) >= 11 is 0. The molecule has 0 aliphatic heterocycles. The Morgan fingerprint density at radius 2 is 2.29 bits per heavy atom. The van der Waals surface area contributed by atoms with Crippen LogP contribution in [0.4, 0.5) is 0 Å². The lowest BCUT2D eigenvalue weighted by atomic mass is 10.3. The normalized spacial score (nSPS) is 10.2. The molecule has 0 bridgehead atoms. The number of nitrogens with zero attached hydrogens (tertiary/aromatic N) is 2. The predicted molar refractivity (Wildman–Crippen MR) is 63.4 cm³/mol. The molecule has 0 fully saturated rings. The Morgan fingerprint density at radius 1 is 1.47 bits per heavy atom. The lowest BCUT2D eigenvalue weighted by molar-refractivity contribution is -0.135. The Bertz CT molecular complexity index is 330. The van der Waals surface area contributed by atoms with Gasteiger partial charge >= 0.3 is 0 Å². The van der Waals surface area contributed by atoms with E-state index in [1.165, 1.54) is 0 Å². The predicted octanol–water partition coefficient (Wildman–Crippen LogP) is 0.703. The molecule has 0 N–H and O–H groups in total. The zero-order valence-corrected chi connectivity index (χ0v) is 10.3. The smallest absolute Gasteiger partial charge is 0.248 e. The van der Waals surface area contributed by atoms with Gasteiger partial charge in [0, 0.05) is 33.1 Å². The number of likely N-dealkylation sites (N-methyl/N-ethyl adjacent to an activating group) is 1. The average molecular weight is 238 g/mol. The van der Waals surface area contributed by atoms with Crippen molar-refractivity contribution in [3.63, 3.8) is 0 Å². The number of hydrogen-bond donors (Lipinski definition) is 0. The first-order chi connectivity index (χ1) is 8.24. The van der Waals surface area contributed by atoms with Crippen molar-refractivity contribution in [2.75, 3.05) is 34.0 Å². The van der Waals surface area contributed by atoms with E-state index in [-0.39, 0.29) is 12.5 Å². The molecule has 0 spiro atoms. The molecule has 5 heteroatoms. The van der Waals surface area contributed by atoms with E-state index in [4.69, 9.17) is 9.47 Å². The highest BCUT2D eigenvalue weighted by Gasteiger charge is 2.08. The Hall–Kier alpha value is -1.46. The number of hydrogen-bond acceptors (Lipinski definition) is 4. The Labute approximate surface area is 101 Å². The highest BCUT2D eigenvalue weighted by atomic mass is 16.5. The van der Waals surface area contributed by atoms with Gasteiger partial charge in [0.1, 0.15) is 6.61 Å². The molecule has 0 unspecified atom stereocenters. The van der Waals surface area contributed by atoms with Gasteiger partial charge in [-0.15, -0.1) is 0 Å². The first-order valence-corrected chi connectivity index (χ1v) is 5.43. The average Bonchev–Trinajstić information content (AvgIpc) is 2.35. The molecule has 0 radical (unpaired) electrons. The van der Waals surface area contributed by atoms with Crippen molar-refractivity contribution in [3.8, 4) is 0 Å². The molecule has 0 aromatic carbocycles. The van der Waals surface area contributed by atoms with E-state index in [2.05, 4.69) is 4.98 Å². The monoisotopic (exact) mass is 238 g/mol. The third-order valence-corrected chi connectivity index (χ3v) is 2.23. The molecule has 94 valence electrons. The molecule has 5 nitrogen and oxygen atoms in total. The van der Waals surface area contributed by atoms with Crippen LogP contribution in [0.2, 0.25) is 0 Å². The van der Waals surface area contributed by atoms with Crippen molar-refractivity contribution in [1.82, 2.24) is 9.88 Å². The molecule has 0 aliphatic carbocycles. The molecule has 0 saturated heterocycles. The third kappa shape index (κ3) is 5.42. The van der Waals surface area contributed by atoms with Crippen LogP contribution in [0.3, 0.4) is 0 Å². The van der Waals surface area contributed by atoms with Crippen LogP contribution < -0.4 is 0 Å². The SMILES string of the molecule is COCCOCC(=O)N(C)Cc1cccnc1. The second-order valence-electron chi connectivity index (χ2n) is 3.66. The largest absolute Gasteiger partial charge is 0.382 e. The van der Waals surface area contributed by atoms with Gasteiger partial charge in [-0.05, 0) is 11.6 Å². The number of rotatable bonds is 7. The minimum Gasteiger partial charge on any atom is -0.382 e. The van der Waals surface area contributed by atoms with E-state index in [1.807, 2.05) is 12.1 Å². The van der Waals surface area contributed by atoms with Gasteiger partial charge in [-0.25, -0.2) is 0 Å². The maximum Gasteiger partial charge on any atom is 0.248 e. The summed E-state index contributed by atoms with van der Waals surface area (Å²) in [5, 5.41) is 0. The molecular formula is C12H18N2O3. The van der Waals surface area contributed by atoms with Crippen LogP contribution in [-0.2, 0) is 20.8 Å². The second kappa shape index (κ2) is 7.76. The molecule has 1 aromatic heterocycles. The number of carbonyl (C=O) groups is 1. The first-order valence-electron chi connectivity index (χ1n) is 5.43. The molecule has 0 aliphatic rings. The highest BCUT2D eigenvalue weighted by molar-refractivity contribution is 5.77. The maximum absolute atomic E-state index is 11.7. The third-order valence-electron chi connectivity index (χ3n) is 2.23. The minimum absolute atomic E-state index is 0.0510. The lowest BCUT2D eigenvalue weighted by Crippen LogP contribution is -2.30. The van der Waals surface area contributed by atoms with Gasteiger partial charge < -0.3 is 14.4 Å². The lowest BCUT2D eigenvalue weighted by Gasteiger charge is -2.16.